The zero-order valence-electron chi connectivity index (χ0n) is 19.6. The first-order chi connectivity index (χ1) is 15.8. The zero-order valence-corrected chi connectivity index (χ0v) is 19.6. The smallest absolute Gasteiger partial charge is 0.278 e. The molecule has 0 aliphatic heterocycles. The van der Waals surface area contributed by atoms with Crippen molar-refractivity contribution in [2.75, 3.05) is 5.32 Å². The minimum atomic E-state index is -0.339. The van der Waals surface area contributed by atoms with E-state index in [0.29, 0.717) is 23.6 Å². The lowest BCUT2D eigenvalue weighted by Crippen LogP contribution is -2.15. The summed E-state index contributed by atoms with van der Waals surface area (Å²) < 4.78 is 13.2. The van der Waals surface area contributed by atoms with Gasteiger partial charge in [-0.25, -0.2) is 0 Å². The Morgan fingerprint density at radius 2 is 1.79 bits per heavy atom. The van der Waals surface area contributed by atoms with Crippen LogP contribution in [0.25, 0.3) is 0 Å². The average molecular weight is 445 g/mol. The number of amides is 1. The molecule has 1 amide bonds. The Balaban J connectivity index is 1.47. The van der Waals surface area contributed by atoms with Crippen LogP contribution in [-0.2, 0) is 13.2 Å². The summed E-state index contributed by atoms with van der Waals surface area (Å²) in [6, 6.07) is 15.8. The predicted molar refractivity (Wildman–Crippen MR) is 127 cm³/mol. The SMILES string of the molecule is Cc1cc(C)cc(OCc2c(C(=O)Nc3cccc(Cn4nc(C)cc4C)c3)noc2C)c1. The van der Waals surface area contributed by atoms with E-state index >= 15 is 0 Å². The Bertz CT molecular complexity index is 1280. The molecule has 0 aliphatic carbocycles. The molecule has 2 aromatic heterocycles. The van der Waals surface area contributed by atoms with Crippen molar-refractivity contribution in [3.05, 3.63) is 93.6 Å². The van der Waals surface area contributed by atoms with Gasteiger partial charge in [0.2, 0.25) is 0 Å². The maximum Gasteiger partial charge on any atom is 0.278 e. The van der Waals surface area contributed by atoms with Gasteiger partial charge in [-0.15, -0.1) is 0 Å². The molecule has 33 heavy (non-hydrogen) atoms. The zero-order chi connectivity index (χ0) is 23.5. The molecule has 0 saturated heterocycles. The Labute approximate surface area is 193 Å². The van der Waals surface area contributed by atoms with Crippen molar-refractivity contribution >= 4 is 11.6 Å². The fraction of sp³-hybridized carbons (Fsp3) is 0.269. The lowest BCUT2D eigenvalue weighted by Gasteiger charge is -2.10. The van der Waals surface area contributed by atoms with Gasteiger partial charge in [0.1, 0.15) is 18.1 Å². The molecule has 0 aliphatic rings. The molecule has 7 heteroatoms. The van der Waals surface area contributed by atoms with E-state index in [1.54, 1.807) is 6.92 Å². The molecule has 0 spiro atoms. The molecule has 170 valence electrons. The summed E-state index contributed by atoms with van der Waals surface area (Å²) in [6.07, 6.45) is 0. The number of rotatable bonds is 7. The molecule has 0 fully saturated rings. The van der Waals surface area contributed by atoms with Gasteiger partial charge in [0.05, 0.1) is 17.8 Å². The van der Waals surface area contributed by atoms with Crippen molar-refractivity contribution in [2.45, 2.75) is 47.8 Å². The average Bonchev–Trinajstić information content (AvgIpc) is 3.26. The van der Waals surface area contributed by atoms with E-state index in [9.17, 15) is 4.79 Å². The number of hydrogen-bond donors (Lipinski definition) is 1. The third kappa shape index (κ3) is 5.31. The Morgan fingerprint density at radius 1 is 1.03 bits per heavy atom. The number of benzene rings is 2. The summed E-state index contributed by atoms with van der Waals surface area (Å²) in [5.41, 5.74) is 6.87. The van der Waals surface area contributed by atoms with Crippen molar-refractivity contribution in [3.8, 4) is 5.75 Å². The van der Waals surface area contributed by atoms with Gasteiger partial charge in [-0.3, -0.25) is 9.48 Å². The number of anilines is 1. The summed E-state index contributed by atoms with van der Waals surface area (Å²) in [6.45, 7) is 10.6. The molecule has 0 radical (unpaired) electrons. The van der Waals surface area contributed by atoms with E-state index in [4.69, 9.17) is 9.26 Å². The molecule has 1 N–H and O–H groups in total. The van der Waals surface area contributed by atoms with Crippen LogP contribution in [0.4, 0.5) is 5.69 Å². The summed E-state index contributed by atoms with van der Waals surface area (Å²) in [5.74, 6) is 0.966. The van der Waals surface area contributed by atoms with Crippen LogP contribution in [0.15, 0.2) is 53.1 Å². The number of carbonyl (C=O) groups is 1. The molecule has 2 heterocycles. The van der Waals surface area contributed by atoms with E-state index < -0.39 is 0 Å². The van der Waals surface area contributed by atoms with Gasteiger partial charge < -0.3 is 14.6 Å². The van der Waals surface area contributed by atoms with Crippen molar-refractivity contribution in [2.24, 2.45) is 0 Å². The van der Waals surface area contributed by atoms with Crippen LogP contribution in [-0.4, -0.2) is 20.8 Å². The van der Waals surface area contributed by atoms with E-state index in [-0.39, 0.29) is 18.2 Å². The lowest BCUT2D eigenvalue weighted by atomic mass is 10.1. The standard InChI is InChI=1S/C26H28N4O3/c1-16-9-17(2)11-23(10-16)32-15-24-20(5)33-29-25(24)26(31)27-22-8-6-7-21(13-22)14-30-19(4)12-18(3)28-30/h6-13H,14-15H2,1-5H3,(H,27,31). The highest BCUT2D eigenvalue weighted by atomic mass is 16.5. The highest BCUT2D eigenvalue weighted by Gasteiger charge is 2.21. The minimum Gasteiger partial charge on any atom is -0.489 e. The van der Waals surface area contributed by atoms with Gasteiger partial charge >= 0.3 is 0 Å². The Morgan fingerprint density at radius 3 is 2.48 bits per heavy atom. The third-order valence-corrected chi connectivity index (χ3v) is 5.40. The molecule has 7 nitrogen and oxygen atoms in total. The van der Waals surface area contributed by atoms with Crippen molar-refractivity contribution < 1.29 is 14.1 Å². The number of nitrogens with zero attached hydrogens (tertiary/aromatic N) is 3. The molecule has 0 saturated carbocycles. The number of nitrogens with one attached hydrogen (secondary N) is 1. The van der Waals surface area contributed by atoms with Gasteiger partial charge in [0.25, 0.3) is 5.91 Å². The van der Waals surface area contributed by atoms with Crippen molar-refractivity contribution in [3.63, 3.8) is 0 Å². The molecule has 4 aromatic rings. The number of ether oxygens (including phenoxy) is 1. The van der Waals surface area contributed by atoms with E-state index in [2.05, 4.69) is 21.6 Å². The first-order valence-electron chi connectivity index (χ1n) is 10.9. The number of aryl methyl sites for hydroxylation is 5. The van der Waals surface area contributed by atoms with Crippen LogP contribution < -0.4 is 10.1 Å². The number of carbonyl (C=O) groups excluding carboxylic acids is 1. The highest BCUT2D eigenvalue weighted by molar-refractivity contribution is 6.03. The van der Waals surface area contributed by atoms with Gasteiger partial charge in [-0.1, -0.05) is 23.4 Å². The minimum absolute atomic E-state index is 0.193. The molecule has 2 aromatic carbocycles. The largest absolute Gasteiger partial charge is 0.489 e. The van der Waals surface area contributed by atoms with E-state index in [0.717, 1.165) is 33.8 Å². The number of aromatic nitrogens is 3. The van der Waals surface area contributed by atoms with Crippen molar-refractivity contribution in [1.29, 1.82) is 0 Å². The van der Waals surface area contributed by atoms with E-state index in [1.807, 2.05) is 74.8 Å². The summed E-state index contributed by atoms with van der Waals surface area (Å²) in [5, 5.41) is 11.4. The molecule has 4 rings (SSSR count). The fourth-order valence-corrected chi connectivity index (χ4v) is 3.86. The molecular weight excluding hydrogens is 416 g/mol. The summed E-state index contributed by atoms with van der Waals surface area (Å²) in [4.78, 5) is 13.0. The quantitative estimate of drug-likeness (QED) is 0.419. The second-order valence-corrected chi connectivity index (χ2v) is 8.42. The normalized spacial score (nSPS) is 10.9. The van der Waals surface area contributed by atoms with Crippen molar-refractivity contribution in [1.82, 2.24) is 14.9 Å². The van der Waals surface area contributed by atoms with Gasteiger partial charge in [-0.05, 0) is 81.6 Å². The molecule has 0 atom stereocenters. The van der Waals surface area contributed by atoms with E-state index in [1.165, 1.54) is 0 Å². The number of hydrogen-bond acceptors (Lipinski definition) is 5. The van der Waals surface area contributed by atoms with Crippen LogP contribution >= 0.6 is 0 Å². The summed E-state index contributed by atoms with van der Waals surface area (Å²) in [7, 11) is 0. The van der Waals surface area contributed by atoms with Crippen LogP contribution in [0, 0.1) is 34.6 Å². The third-order valence-electron chi connectivity index (χ3n) is 5.40. The first kappa shape index (κ1) is 22.3. The second kappa shape index (κ2) is 9.32. The summed E-state index contributed by atoms with van der Waals surface area (Å²) >= 11 is 0. The lowest BCUT2D eigenvalue weighted by molar-refractivity contribution is 0.101. The van der Waals surface area contributed by atoms with Gasteiger partial charge in [0, 0.05) is 11.4 Å². The van der Waals surface area contributed by atoms with Gasteiger partial charge in [0.15, 0.2) is 5.69 Å². The maximum atomic E-state index is 13.0. The predicted octanol–water partition coefficient (Wildman–Crippen LogP) is 5.29. The molecule has 0 unspecified atom stereocenters. The van der Waals surface area contributed by atoms with Crippen LogP contribution in [0.3, 0.4) is 0 Å². The molecular formula is C26H28N4O3. The Hall–Kier alpha value is -3.87. The second-order valence-electron chi connectivity index (χ2n) is 8.42. The fourth-order valence-electron chi connectivity index (χ4n) is 3.86. The maximum absolute atomic E-state index is 13.0. The van der Waals surface area contributed by atoms with Gasteiger partial charge in [-0.2, -0.15) is 5.10 Å². The first-order valence-corrected chi connectivity index (χ1v) is 10.9. The van der Waals surface area contributed by atoms with Crippen LogP contribution in [0.1, 0.15) is 49.9 Å². The van der Waals surface area contributed by atoms with Crippen LogP contribution in [0.2, 0.25) is 0 Å². The van der Waals surface area contributed by atoms with Crippen LogP contribution in [0.5, 0.6) is 5.75 Å². The Kier molecular flexibility index (Phi) is 6.31. The highest BCUT2D eigenvalue weighted by Crippen LogP contribution is 2.22. The topological polar surface area (TPSA) is 82.2 Å². The monoisotopic (exact) mass is 444 g/mol. The molecule has 0 bridgehead atoms.